The van der Waals surface area contributed by atoms with E-state index in [0.29, 0.717) is 30.7 Å². The van der Waals surface area contributed by atoms with Crippen LogP contribution in [0.25, 0.3) is 0 Å². The Morgan fingerprint density at radius 3 is 2.77 bits per heavy atom. The van der Waals surface area contributed by atoms with E-state index in [1.165, 1.54) is 38.8 Å². The van der Waals surface area contributed by atoms with Crippen LogP contribution in [0, 0.1) is 11.8 Å². The fraction of sp³-hybridized carbons (Fsp3) is 0.680. The van der Waals surface area contributed by atoms with Crippen molar-refractivity contribution in [1.82, 2.24) is 15.1 Å². The number of likely N-dealkylation sites (tertiary alicyclic amines) is 1. The number of carbonyl (C=O) groups is 2. The van der Waals surface area contributed by atoms with Crippen molar-refractivity contribution in [2.75, 3.05) is 33.8 Å². The van der Waals surface area contributed by atoms with Gasteiger partial charge in [-0.1, -0.05) is 12.1 Å². The second kappa shape index (κ2) is 10.0. The van der Waals surface area contributed by atoms with E-state index in [9.17, 15) is 9.59 Å². The average molecular weight is 428 g/mol. The molecule has 1 N–H and O–H groups in total. The van der Waals surface area contributed by atoms with Crippen LogP contribution in [0.1, 0.15) is 50.5 Å². The summed E-state index contributed by atoms with van der Waals surface area (Å²) in [6.07, 6.45) is 7.59. The minimum Gasteiger partial charge on any atom is -0.497 e. The van der Waals surface area contributed by atoms with Crippen LogP contribution >= 0.6 is 0 Å². The van der Waals surface area contributed by atoms with Gasteiger partial charge in [0.05, 0.1) is 13.5 Å². The van der Waals surface area contributed by atoms with Crippen LogP contribution in [-0.2, 0) is 16.0 Å². The van der Waals surface area contributed by atoms with Crippen molar-refractivity contribution in [1.29, 1.82) is 0 Å². The van der Waals surface area contributed by atoms with Crippen molar-refractivity contribution in [2.24, 2.45) is 11.8 Å². The molecule has 0 unspecified atom stereocenters. The Kier molecular flexibility index (Phi) is 7.16. The summed E-state index contributed by atoms with van der Waals surface area (Å²) in [5.41, 5.74) is 1.00. The zero-order valence-electron chi connectivity index (χ0n) is 19.0. The Labute approximate surface area is 186 Å². The third-order valence-corrected chi connectivity index (χ3v) is 7.66. The molecule has 4 atom stereocenters. The number of hydrogen-bond donors (Lipinski definition) is 1. The lowest BCUT2D eigenvalue weighted by atomic mass is 9.69. The molecule has 0 saturated carbocycles. The number of nitrogens with zero attached hydrogens (tertiary/aromatic N) is 2. The molecule has 0 radical (unpaired) electrons. The van der Waals surface area contributed by atoms with Gasteiger partial charge in [-0.15, -0.1) is 0 Å². The number of piperidine rings is 3. The maximum Gasteiger partial charge on any atom is 0.227 e. The highest BCUT2D eigenvalue weighted by Gasteiger charge is 2.49. The lowest BCUT2D eigenvalue weighted by Gasteiger charge is -2.57. The molecule has 0 aromatic heterocycles. The van der Waals surface area contributed by atoms with Gasteiger partial charge in [0.15, 0.2) is 0 Å². The summed E-state index contributed by atoms with van der Waals surface area (Å²) in [6, 6.07) is 8.71. The molecule has 31 heavy (non-hydrogen) atoms. The highest BCUT2D eigenvalue weighted by atomic mass is 16.5. The number of carbonyl (C=O) groups excluding carboxylic acids is 2. The van der Waals surface area contributed by atoms with Gasteiger partial charge in [-0.2, -0.15) is 0 Å². The van der Waals surface area contributed by atoms with E-state index in [1.807, 2.05) is 24.3 Å². The van der Waals surface area contributed by atoms with Gasteiger partial charge in [0.25, 0.3) is 0 Å². The summed E-state index contributed by atoms with van der Waals surface area (Å²) in [4.78, 5) is 30.3. The van der Waals surface area contributed by atoms with E-state index in [2.05, 4.69) is 15.1 Å². The molecule has 6 heteroatoms. The first-order valence-electron chi connectivity index (χ1n) is 12.0. The second-order valence-electron chi connectivity index (χ2n) is 9.44. The van der Waals surface area contributed by atoms with Crippen LogP contribution in [0.4, 0.5) is 0 Å². The van der Waals surface area contributed by atoms with E-state index in [1.54, 1.807) is 14.2 Å². The summed E-state index contributed by atoms with van der Waals surface area (Å²) >= 11 is 0. The number of nitrogens with one attached hydrogen (secondary N) is 1. The maximum atomic E-state index is 13.6. The molecule has 3 saturated heterocycles. The average Bonchev–Trinajstić information content (AvgIpc) is 2.80. The van der Waals surface area contributed by atoms with Gasteiger partial charge in [-0.25, -0.2) is 0 Å². The fourth-order valence-electron chi connectivity index (χ4n) is 6.31. The summed E-state index contributed by atoms with van der Waals surface area (Å²) in [5.74, 6) is 2.22. The number of methoxy groups -OCH3 is 1. The van der Waals surface area contributed by atoms with E-state index in [0.717, 1.165) is 30.7 Å². The number of rotatable bonds is 7. The topological polar surface area (TPSA) is 61.9 Å². The number of benzene rings is 1. The van der Waals surface area contributed by atoms with Gasteiger partial charge in [0, 0.05) is 32.1 Å². The van der Waals surface area contributed by atoms with Crippen LogP contribution in [0.3, 0.4) is 0 Å². The van der Waals surface area contributed by atoms with E-state index in [-0.39, 0.29) is 17.9 Å². The second-order valence-corrected chi connectivity index (χ2v) is 9.44. The Hall–Kier alpha value is -2.08. The van der Waals surface area contributed by atoms with Crippen molar-refractivity contribution in [3.05, 3.63) is 29.8 Å². The minimum absolute atomic E-state index is 0.0888. The predicted octanol–water partition coefficient (Wildman–Crippen LogP) is 2.86. The normalized spacial score (nSPS) is 28.0. The van der Waals surface area contributed by atoms with Gasteiger partial charge in [0.2, 0.25) is 11.8 Å². The maximum absolute atomic E-state index is 13.6. The Bertz CT molecular complexity index is 781. The van der Waals surface area contributed by atoms with E-state index >= 15 is 0 Å². The van der Waals surface area contributed by atoms with Gasteiger partial charge in [-0.05, 0) is 81.1 Å². The lowest BCUT2D eigenvalue weighted by molar-refractivity contribution is -0.145. The molecule has 1 aromatic rings. The first-order valence-corrected chi connectivity index (χ1v) is 12.0. The fourth-order valence-corrected chi connectivity index (χ4v) is 6.31. The zero-order chi connectivity index (χ0) is 21.8. The van der Waals surface area contributed by atoms with Crippen LogP contribution in [0.15, 0.2) is 24.3 Å². The molecule has 3 fully saturated rings. The monoisotopic (exact) mass is 427 g/mol. The molecule has 3 aliphatic heterocycles. The van der Waals surface area contributed by atoms with Crippen molar-refractivity contribution in [3.63, 3.8) is 0 Å². The van der Waals surface area contributed by atoms with Crippen molar-refractivity contribution < 1.29 is 14.3 Å². The smallest absolute Gasteiger partial charge is 0.227 e. The van der Waals surface area contributed by atoms with Gasteiger partial charge >= 0.3 is 0 Å². The molecule has 0 spiro atoms. The molecule has 0 aliphatic carbocycles. The van der Waals surface area contributed by atoms with E-state index in [4.69, 9.17) is 4.74 Å². The highest BCUT2D eigenvalue weighted by Crippen LogP contribution is 2.43. The number of hydrogen-bond acceptors (Lipinski definition) is 4. The molecule has 1 aromatic carbocycles. The van der Waals surface area contributed by atoms with E-state index < -0.39 is 0 Å². The molecule has 4 rings (SSSR count). The van der Waals surface area contributed by atoms with Crippen molar-refractivity contribution in [3.8, 4) is 5.75 Å². The van der Waals surface area contributed by atoms with Crippen LogP contribution < -0.4 is 10.1 Å². The van der Waals surface area contributed by atoms with Crippen molar-refractivity contribution in [2.45, 2.75) is 63.5 Å². The third-order valence-electron chi connectivity index (χ3n) is 7.66. The molecule has 6 nitrogen and oxygen atoms in total. The van der Waals surface area contributed by atoms with Crippen LogP contribution in [0.2, 0.25) is 0 Å². The first-order chi connectivity index (χ1) is 15.1. The molecule has 2 amide bonds. The summed E-state index contributed by atoms with van der Waals surface area (Å²) in [5, 5.41) is 2.73. The van der Waals surface area contributed by atoms with Gasteiger partial charge < -0.3 is 15.0 Å². The molecule has 3 aliphatic rings. The highest BCUT2D eigenvalue weighted by molar-refractivity contribution is 5.79. The lowest BCUT2D eigenvalue weighted by Crippen LogP contribution is -2.65. The molecule has 0 bridgehead atoms. The quantitative estimate of drug-likeness (QED) is 0.727. The zero-order valence-corrected chi connectivity index (χ0v) is 19.0. The van der Waals surface area contributed by atoms with Crippen LogP contribution in [-0.4, -0.2) is 67.5 Å². The molecule has 3 heterocycles. The summed E-state index contributed by atoms with van der Waals surface area (Å²) < 4.78 is 5.35. The van der Waals surface area contributed by atoms with Gasteiger partial charge in [0.1, 0.15) is 5.75 Å². The summed E-state index contributed by atoms with van der Waals surface area (Å²) in [6.45, 7) is 3.28. The first kappa shape index (κ1) is 22.1. The Morgan fingerprint density at radius 1 is 1.19 bits per heavy atom. The van der Waals surface area contributed by atoms with Crippen LogP contribution in [0.5, 0.6) is 5.75 Å². The third kappa shape index (κ3) is 4.89. The molecule has 170 valence electrons. The molecular formula is C25H37N3O3. The minimum atomic E-state index is 0.0888. The predicted molar refractivity (Wildman–Crippen MR) is 121 cm³/mol. The van der Waals surface area contributed by atoms with Gasteiger partial charge in [-0.3, -0.25) is 14.5 Å². The number of amides is 2. The Balaban J connectivity index is 1.53. The summed E-state index contributed by atoms with van der Waals surface area (Å²) in [7, 11) is 3.35. The standard InChI is InChI=1S/C25H37N3O3/c1-26-23(29)12-4-11-22-21-10-6-14-27-13-5-8-19(25(21)27)17-28(22)24(30)16-18-7-3-9-20(15-18)31-2/h3,7,9,15,19,21-22,25H,4-6,8,10-14,16-17H2,1-2H3,(H,26,29)/t19-,21+,22+,25-/m0/s1. The van der Waals surface area contributed by atoms with Crippen molar-refractivity contribution >= 4 is 11.8 Å². The number of ether oxygens (including phenoxy) is 1. The Morgan fingerprint density at radius 2 is 2.00 bits per heavy atom. The molecular weight excluding hydrogens is 390 g/mol. The largest absolute Gasteiger partial charge is 0.497 e. The SMILES string of the molecule is CNC(=O)CCC[C@@H]1[C@H]2CCCN3CCC[C@@H](CN1C(=O)Cc1cccc(OC)c1)[C@@H]23.